The van der Waals surface area contributed by atoms with Gasteiger partial charge in [0.15, 0.2) is 5.76 Å². The summed E-state index contributed by atoms with van der Waals surface area (Å²) in [6.07, 6.45) is 0. The minimum atomic E-state index is -0.388. The summed E-state index contributed by atoms with van der Waals surface area (Å²) in [4.78, 5) is 13.4. The second kappa shape index (κ2) is 6.52. The number of hydrogen-bond donors (Lipinski definition) is 1. The molecule has 1 aromatic carbocycles. The van der Waals surface area contributed by atoms with Crippen molar-refractivity contribution in [3.8, 4) is 17.4 Å². The number of hydrogen-bond acceptors (Lipinski definition) is 4. The Bertz CT molecular complexity index is 966. The van der Waals surface area contributed by atoms with Gasteiger partial charge in [0.2, 0.25) is 0 Å². The van der Waals surface area contributed by atoms with Gasteiger partial charge in [0.05, 0.1) is 5.56 Å². The average molecular weight is 357 g/mol. The average Bonchev–Trinajstić information content (AvgIpc) is 3.14. The molecule has 0 saturated heterocycles. The molecule has 3 rings (SSSR count). The van der Waals surface area contributed by atoms with E-state index in [1.165, 1.54) is 11.3 Å². The SMILES string of the molecule is Cc1sc(NC(=O)c2ccc(-c3cccc(Cl)c3)o2)c(C#N)c1C. The van der Waals surface area contributed by atoms with Crippen molar-refractivity contribution >= 4 is 33.8 Å². The first-order valence-electron chi connectivity index (χ1n) is 7.17. The number of nitriles is 1. The highest BCUT2D eigenvalue weighted by Gasteiger charge is 2.18. The largest absolute Gasteiger partial charge is 0.451 e. The first-order chi connectivity index (χ1) is 11.5. The smallest absolute Gasteiger partial charge is 0.292 e. The number of furan rings is 1. The van der Waals surface area contributed by atoms with Gasteiger partial charge in [0.1, 0.15) is 16.8 Å². The predicted molar refractivity (Wildman–Crippen MR) is 95.6 cm³/mol. The summed E-state index contributed by atoms with van der Waals surface area (Å²) in [6.45, 7) is 3.78. The Morgan fingerprint density at radius 1 is 1.29 bits per heavy atom. The van der Waals surface area contributed by atoms with Crippen LogP contribution in [-0.2, 0) is 0 Å². The fourth-order valence-electron chi connectivity index (χ4n) is 2.27. The molecule has 2 aromatic heterocycles. The second-order valence-electron chi connectivity index (χ2n) is 5.23. The molecule has 1 N–H and O–H groups in total. The molecule has 0 spiro atoms. The molecular weight excluding hydrogens is 344 g/mol. The Hall–Kier alpha value is -2.55. The summed E-state index contributed by atoms with van der Waals surface area (Å²) in [5.74, 6) is 0.347. The van der Waals surface area contributed by atoms with E-state index in [2.05, 4.69) is 11.4 Å². The molecule has 0 bridgehead atoms. The van der Waals surface area contributed by atoms with Gasteiger partial charge in [0, 0.05) is 15.5 Å². The number of halogens is 1. The van der Waals surface area contributed by atoms with Gasteiger partial charge in [0.25, 0.3) is 5.91 Å². The second-order valence-corrected chi connectivity index (χ2v) is 6.89. The third-order valence-corrected chi connectivity index (χ3v) is 5.02. The maximum Gasteiger partial charge on any atom is 0.292 e. The van der Waals surface area contributed by atoms with Gasteiger partial charge < -0.3 is 9.73 Å². The highest BCUT2D eigenvalue weighted by Crippen LogP contribution is 2.32. The number of nitrogens with one attached hydrogen (secondary N) is 1. The first-order valence-corrected chi connectivity index (χ1v) is 8.36. The Kier molecular flexibility index (Phi) is 4.43. The molecule has 0 fully saturated rings. The summed E-state index contributed by atoms with van der Waals surface area (Å²) >= 11 is 7.35. The molecule has 0 aliphatic rings. The van der Waals surface area contributed by atoms with E-state index < -0.39 is 0 Å². The maximum atomic E-state index is 12.4. The normalized spacial score (nSPS) is 10.4. The van der Waals surface area contributed by atoms with E-state index in [1.54, 1.807) is 24.3 Å². The molecule has 6 heteroatoms. The molecule has 1 amide bonds. The first kappa shape index (κ1) is 16.3. The van der Waals surface area contributed by atoms with Crippen molar-refractivity contribution in [1.29, 1.82) is 5.26 Å². The lowest BCUT2D eigenvalue weighted by atomic mass is 10.2. The standard InChI is InChI=1S/C18H13ClN2O2S/c1-10-11(2)24-18(14(10)9-20)21-17(22)16-7-6-15(23-16)12-4-3-5-13(19)8-12/h3-8H,1-2H3,(H,21,22). The van der Waals surface area contributed by atoms with Crippen LogP contribution in [0.15, 0.2) is 40.8 Å². The van der Waals surface area contributed by atoms with E-state index in [0.29, 0.717) is 21.3 Å². The quantitative estimate of drug-likeness (QED) is 0.683. The zero-order valence-electron chi connectivity index (χ0n) is 13.0. The van der Waals surface area contributed by atoms with Crippen LogP contribution in [-0.4, -0.2) is 5.91 Å². The molecule has 120 valence electrons. The molecule has 0 aliphatic heterocycles. The number of benzene rings is 1. The van der Waals surface area contributed by atoms with Gasteiger partial charge in [-0.3, -0.25) is 4.79 Å². The number of thiophene rings is 1. The van der Waals surface area contributed by atoms with Gasteiger partial charge >= 0.3 is 0 Å². The topological polar surface area (TPSA) is 66.0 Å². The molecule has 0 atom stereocenters. The Morgan fingerprint density at radius 2 is 2.08 bits per heavy atom. The molecule has 2 heterocycles. The molecular formula is C18H13ClN2O2S. The maximum absolute atomic E-state index is 12.4. The highest BCUT2D eigenvalue weighted by molar-refractivity contribution is 7.16. The van der Waals surface area contributed by atoms with Crippen molar-refractivity contribution in [3.63, 3.8) is 0 Å². The number of anilines is 1. The van der Waals surface area contributed by atoms with Crippen molar-refractivity contribution in [1.82, 2.24) is 0 Å². The van der Waals surface area contributed by atoms with Crippen molar-refractivity contribution in [3.05, 3.63) is 63.2 Å². The number of nitrogens with zero attached hydrogens (tertiary/aromatic N) is 1. The molecule has 3 aromatic rings. The molecule has 0 saturated carbocycles. The van der Waals surface area contributed by atoms with Gasteiger partial charge in [-0.15, -0.1) is 11.3 Å². The van der Waals surface area contributed by atoms with Crippen LogP contribution in [0.2, 0.25) is 5.02 Å². The van der Waals surface area contributed by atoms with Gasteiger partial charge in [-0.25, -0.2) is 0 Å². The number of aryl methyl sites for hydroxylation is 1. The van der Waals surface area contributed by atoms with Crippen molar-refractivity contribution in [2.75, 3.05) is 5.32 Å². The van der Waals surface area contributed by atoms with Crippen LogP contribution < -0.4 is 5.32 Å². The van der Waals surface area contributed by atoms with Crippen LogP contribution in [0.25, 0.3) is 11.3 Å². The van der Waals surface area contributed by atoms with Crippen LogP contribution in [0, 0.1) is 25.2 Å². The molecule has 0 radical (unpaired) electrons. The molecule has 0 unspecified atom stereocenters. The molecule has 0 aliphatic carbocycles. The third kappa shape index (κ3) is 3.07. The van der Waals surface area contributed by atoms with E-state index in [4.69, 9.17) is 16.0 Å². The highest BCUT2D eigenvalue weighted by atomic mass is 35.5. The van der Waals surface area contributed by atoms with Gasteiger partial charge in [-0.05, 0) is 43.7 Å². The minimum absolute atomic E-state index is 0.178. The van der Waals surface area contributed by atoms with E-state index >= 15 is 0 Å². The Labute approximate surface area is 148 Å². The van der Waals surface area contributed by atoms with Crippen LogP contribution in [0.4, 0.5) is 5.00 Å². The molecule has 4 nitrogen and oxygen atoms in total. The number of carbonyl (C=O) groups is 1. The lowest BCUT2D eigenvalue weighted by Gasteiger charge is -2.01. The number of rotatable bonds is 3. The predicted octanol–water partition coefficient (Wildman–Crippen LogP) is 5.40. The van der Waals surface area contributed by atoms with E-state index in [9.17, 15) is 10.1 Å². The van der Waals surface area contributed by atoms with Crippen molar-refractivity contribution in [2.45, 2.75) is 13.8 Å². The van der Waals surface area contributed by atoms with E-state index in [1.807, 2.05) is 26.0 Å². The summed E-state index contributed by atoms with van der Waals surface area (Å²) in [6, 6.07) is 12.7. The Balaban J connectivity index is 1.85. The lowest BCUT2D eigenvalue weighted by molar-refractivity contribution is 0.0998. The third-order valence-electron chi connectivity index (χ3n) is 3.66. The summed E-state index contributed by atoms with van der Waals surface area (Å²) < 4.78 is 5.62. The van der Waals surface area contributed by atoms with E-state index in [-0.39, 0.29) is 11.7 Å². The fraction of sp³-hybridized carbons (Fsp3) is 0.111. The van der Waals surface area contributed by atoms with Crippen molar-refractivity contribution in [2.24, 2.45) is 0 Å². The monoisotopic (exact) mass is 356 g/mol. The van der Waals surface area contributed by atoms with Crippen LogP contribution in [0.1, 0.15) is 26.6 Å². The number of amides is 1. The zero-order valence-corrected chi connectivity index (χ0v) is 14.6. The minimum Gasteiger partial charge on any atom is -0.451 e. The van der Waals surface area contributed by atoms with E-state index in [0.717, 1.165) is 16.0 Å². The van der Waals surface area contributed by atoms with Gasteiger partial charge in [-0.1, -0.05) is 23.7 Å². The van der Waals surface area contributed by atoms with Gasteiger partial charge in [-0.2, -0.15) is 5.26 Å². The van der Waals surface area contributed by atoms with Crippen LogP contribution in [0.3, 0.4) is 0 Å². The van der Waals surface area contributed by atoms with Crippen molar-refractivity contribution < 1.29 is 9.21 Å². The number of carbonyl (C=O) groups excluding carboxylic acids is 1. The summed E-state index contributed by atoms with van der Waals surface area (Å²) in [7, 11) is 0. The zero-order chi connectivity index (χ0) is 17.3. The van der Waals surface area contributed by atoms with Crippen LogP contribution in [0.5, 0.6) is 0 Å². The summed E-state index contributed by atoms with van der Waals surface area (Å²) in [5.41, 5.74) is 2.17. The fourth-order valence-corrected chi connectivity index (χ4v) is 3.47. The summed E-state index contributed by atoms with van der Waals surface area (Å²) in [5, 5.41) is 13.1. The lowest BCUT2D eigenvalue weighted by Crippen LogP contribution is -2.10. The molecule has 24 heavy (non-hydrogen) atoms. The Morgan fingerprint density at radius 3 is 2.79 bits per heavy atom. The van der Waals surface area contributed by atoms with Crippen LogP contribution >= 0.6 is 22.9 Å².